The minimum absolute atomic E-state index is 0.0302. The number of allylic oxidation sites excluding steroid dienone is 2. The lowest BCUT2D eigenvalue weighted by Gasteiger charge is -2.38. The van der Waals surface area contributed by atoms with Crippen molar-refractivity contribution >= 4 is 21.4 Å². The molecule has 8 heteroatoms. The normalized spacial score (nSPS) is 20.7. The molecule has 2 N–H and O–H groups in total. The minimum atomic E-state index is -3.83. The Kier molecular flexibility index (Phi) is 5.69. The highest BCUT2D eigenvalue weighted by Gasteiger charge is 2.40. The first-order valence-electron chi connectivity index (χ1n) is 11.0. The first kappa shape index (κ1) is 22.3. The van der Waals surface area contributed by atoms with Crippen molar-refractivity contribution in [1.29, 1.82) is 0 Å². The van der Waals surface area contributed by atoms with E-state index in [1.807, 2.05) is 18.2 Å². The van der Waals surface area contributed by atoms with Crippen LogP contribution in [0.2, 0.25) is 0 Å². The van der Waals surface area contributed by atoms with Crippen molar-refractivity contribution in [2.75, 3.05) is 24.3 Å². The maximum absolute atomic E-state index is 13.2. The molecule has 1 aliphatic carbocycles. The van der Waals surface area contributed by atoms with Gasteiger partial charge in [-0.15, -0.1) is 0 Å². The number of hydrogen-bond donors (Lipinski definition) is 2. The van der Waals surface area contributed by atoms with Gasteiger partial charge in [-0.1, -0.05) is 24.3 Å². The van der Waals surface area contributed by atoms with Crippen LogP contribution in [-0.2, 0) is 10.0 Å². The van der Waals surface area contributed by atoms with Gasteiger partial charge >= 0.3 is 0 Å². The van der Waals surface area contributed by atoms with Crippen molar-refractivity contribution in [1.82, 2.24) is 0 Å². The van der Waals surface area contributed by atoms with E-state index in [4.69, 9.17) is 9.47 Å². The molecule has 6 nitrogen and oxygen atoms in total. The Balaban J connectivity index is 1.50. The van der Waals surface area contributed by atoms with Crippen molar-refractivity contribution in [3.05, 3.63) is 89.8 Å². The van der Waals surface area contributed by atoms with Crippen LogP contribution < -0.4 is 19.5 Å². The van der Waals surface area contributed by atoms with Gasteiger partial charge in [-0.3, -0.25) is 4.72 Å². The lowest BCUT2D eigenvalue weighted by atomic mass is 9.77. The third-order valence-electron chi connectivity index (χ3n) is 6.51. The van der Waals surface area contributed by atoms with Gasteiger partial charge in [0.2, 0.25) is 0 Å². The molecule has 3 aromatic carbocycles. The van der Waals surface area contributed by atoms with E-state index < -0.39 is 15.8 Å². The molecule has 3 aromatic rings. The van der Waals surface area contributed by atoms with Gasteiger partial charge in [0.25, 0.3) is 10.0 Å². The van der Waals surface area contributed by atoms with Crippen LogP contribution in [0, 0.1) is 11.7 Å². The second-order valence-corrected chi connectivity index (χ2v) is 10.1. The standard InChI is InChI=1S/C26H25FN2O4S/c1-32-24-8-4-7-21(26(24)33-2)25-20-6-3-5-19(20)22-15-18(13-14-23(22)28-25)34(30,31)29-17-11-9-16(27)10-12-17/h3-5,7-15,19-20,25,28-29H,6H2,1-2H3/t19-,20+,25-/m0/s1. The van der Waals surface area contributed by atoms with E-state index in [-0.39, 0.29) is 22.8 Å². The second kappa shape index (κ2) is 8.68. The van der Waals surface area contributed by atoms with Crippen molar-refractivity contribution in [3.8, 4) is 11.5 Å². The molecule has 0 unspecified atom stereocenters. The van der Waals surface area contributed by atoms with Crippen LogP contribution in [0.5, 0.6) is 11.5 Å². The largest absolute Gasteiger partial charge is 0.493 e. The first-order chi connectivity index (χ1) is 16.4. The molecule has 2 aliphatic rings. The summed E-state index contributed by atoms with van der Waals surface area (Å²) in [4.78, 5) is 0.161. The fourth-order valence-corrected chi connectivity index (χ4v) is 6.03. The predicted molar refractivity (Wildman–Crippen MR) is 130 cm³/mol. The summed E-state index contributed by atoms with van der Waals surface area (Å²) in [5.41, 5.74) is 3.11. The Morgan fingerprint density at radius 1 is 1.00 bits per heavy atom. The van der Waals surface area contributed by atoms with E-state index in [0.29, 0.717) is 17.2 Å². The topological polar surface area (TPSA) is 76.7 Å². The predicted octanol–water partition coefficient (Wildman–Crippen LogP) is 5.47. The fraction of sp³-hybridized carbons (Fsp3) is 0.231. The molecule has 1 heterocycles. The van der Waals surface area contributed by atoms with E-state index in [2.05, 4.69) is 22.2 Å². The summed E-state index contributed by atoms with van der Waals surface area (Å²) < 4.78 is 53.0. The maximum atomic E-state index is 13.2. The molecule has 0 radical (unpaired) electrons. The summed E-state index contributed by atoms with van der Waals surface area (Å²) in [6.07, 6.45) is 5.14. The van der Waals surface area contributed by atoms with Crippen molar-refractivity contribution in [2.45, 2.75) is 23.3 Å². The number of rotatable bonds is 6. The zero-order valence-corrected chi connectivity index (χ0v) is 19.6. The zero-order chi connectivity index (χ0) is 23.9. The lowest BCUT2D eigenvalue weighted by molar-refractivity contribution is 0.341. The van der Waals surface area contributed by atoms with Crippen LogP contribution in [0.25, 0.3) is 0 Å². The maximum Gasteiger partial charge on any atom is 0.261 e. The van der Waals surface area contributed by atoms with Crippen molar-refractivity contribution in [3.63, 3.8) is 0 Å². The summed E-state index contributed by atoms with van der Waals surface area (Å²) in [5.74, 6) is 1.18. The van der Waals surface area contributed by atoms with Crippen LogP contribution in [0.15, 0.2) is 77.7 Å². The number of methoxy groups -OCH3 is 2. The summed E-state index contributed by atoms with van der Waals surface area (Å²) in [6, 6.07) is 16.2. The average molecular weight is 481 g/mol. The highest BCUT2D eigenvalue weighted by atomic mass is 32.2. The molecule has 3 atom stereocenters. The Labute approximate surface area is 198 Å². The number of para-hydroxylation sites is 1. The Morgan fingerprint density at radius 3 is 2.53 bits per heavy atom. The molecule has 1 aliphatic heterocycles. The van der Waals surface area contributed by atoms with E-state index >= 15 is 0 Å². The van der Waals surface area contributed by atoms with Gasteiger partial charge in [0.1, 0.15) is 5.82 Å². The zero-order valence-electron chi connectivity index (χ0n) is 18.8. The SMILES string of the molecule is COc1cccc([C@H]2Nc3ccc(S(=O)(=O)Nc4ccc(F)cc4)cc3[C@H]3C=CC[C@H]32)c1OC. The van der Waals surface area contributed by atoms with Gasteiger partial charge in [0.05, 0.1) is 25.2 Å². The summed E-state index contributed by atoms with van der Waals surface area (Å²) in [6.45, 7) is 0. The molecular weight excluding hydrogens is 455 g/mol. The third kappa shape index (κ3) is 3.88. The van der Waals surface area contributed by atoms with Gasteiger partial charge in [-0.2, -0.15) is 0 Å². The number of ether oxygens (including phenoxy) is 2. The van der Waals surface area contributed by atoms with E-state index in [1.54, 1.807) is 32.4 Å². The summed E-state index contributed by atoms with van der Waals surface area (Å²) >= 11 is 0. The van der Waals surface area contributed by atoms with Crippen LogP contribution in [0.3, 0.4) is 0 Å². The van der Waals surface area contributed by atoms with E-state index in [1.165, 1.54) is 24.3 Å². The average Bonchev–Trinajstić information content (AvgIpc) is 3.34. The van der Waals surface area contributed by atoms with Gasteiger partial charge in [-0.05, 0) is 66.4 Å². The quantitative estimate of drug-likeness (QED) is 0.458. The van der Waals surface area contributed by atoms with Crippen LogP contribution in [0.1, 0.15) is 29.5 Å². The molecule has 0 saturated carbocycles. The Morgan fingerprint density at radius 2 is 1.79 bits per heavy atom. The number of nitrogens with one attached hydrogen (secondary N) is 2. The van der Waals surface area contributed by atoms with Gasteiger partial charge in [-0.25, -0.2) is 12.8 Å². The monoisotopic (exact) mass is 480 g/mol. The van der Waals surface area contributed by atoms with Crippen molar-refractivity contribution < 1.29 is 22.3 Å². The number of sulfonamides is 1. The highest BCUT2D eigenvalue weighted by molar-refractivity contribution is 7.92. The smallest absolute Gasteiger partial charge is 0.261 e. The first-order valence-corrected chi connectivity index (χ1v) is 12.5. The molecule has 0 saturated heterocycles. The summed E-state index contributed by atoms with van der Waals surface area (Å²) in [5, 5.41) is 3.61. The third-order valence-corrected chi connectivity index (χ3v) is 7.89. The number of hydrogen-bond acceptors (Lipinski definition) is 5. The van der Waals surface area contributed by atoms with Gasteiger partial charge in [0, 0.05) is 22.9 Å². The molecule has 5 rings (SSSR count). The minimum Gasteiger partial charge on any atom is -0.493 e. The summed E-state index contributed by atoms with van der Waals surface area (Å²) in [7, 11) is -0.584. The molecule has 0 fully saturated rings. The molecule has 34 heavy (non-hydrogen) atoms. The van der Waals surface area contributed by atoms with E-state index in [9.17, 15) is 12.8 Å². The molecule has 0 aromatic heterocycles. The molecule has 176 valence electrons. The number of anilines is 2. The van der Waals surface area contributed by atoms with E-state index in [0.717, 1.165) is 23.2 Å². The highest BCUT2D eigenvalue weighted by Crippen LogP contribution is 2.52. The molecule has 0 bridgehead atoms. The fourth-order valence-electron chi connectivity index (χ4n) is 4.94. The molecular formula is C26H25FN2O4S. The van der Waals surface area contributed by atoms with Crippen LogP contribution in [0.4, 0.5) is 15.8 Å². The molecule has 0 spiro atoms. The number of halogens is 1. The van der Waals surface area contributed by atoms with Crippen molar-refractivity contribution in [2.24, 2.45) is 5.92 Å². The van der Waals surface area contributed by atoms with Crippen LogP contribution in [-0.4, -0.2) is 22.6 Å². The van der Waals surface area contributed by atoms with Gasteiger partial charge in [0.15, 0.2) is 11.5 Å². The Bertz CT molecular complexity index is 1360. The second-order valence-electron chi connectivity index (χ2n) is 8.42. The molecule has 0 amide bonds. The number of fused-ring (bicyclic) bond motifs is 3. The van der Waals surface area contributed by atoms with Gasteiger partial charge < -0.3 is 14.8 Å². The van der Waals surface area contributed by atoms with Crippen LogP contribution >= 0.6 is 0 Å². The number of benzene rings is 3. The Hall–Kier alpha value is -3.52. The lowest BCUT2D eigenvalue weighted by Crippen LogP contribution is -2.29.